The highest BCUT2D eigenvalue weighted by Gasteiger charge is 2.51. The van der Waals surface area contributed by atoms with Crippen molar-refractivity contribution in [3.63, 3.8) is 0 Å². The lowest BCUT2D eigenvalue weighted by Gasteiger charge is -2.52. The molecule has 1 saturated heterocycles. The highest BCUT2D eigenvalue weighted by atomic mass is 15.2. The summed E-state index contributed by atoms with van der Waals surface area (Å²) in [4.78, 5) is 2.75. The van der Waals surface area contributed by atoms with E-state index >= 15 is 0 Å². The molecule has 1 unspecified atom stereocenters. The van der Waals surface area contributed by atoms with E-state index < -0.39 is 0 Å². The van der Waals surface area contributed by atoms with Gasteiger partial charge in [-0.3, -0.25) is 4.90 Å². The van der Waals surface area contributed by atoms with Crippen LogP contribution in [0.5, 0.6) is 0 Å². The average molecular weight is 252 g/mol. The van der Waals surface area contributed by atoms with Crippen LogP contribution in [0, 0.1) is 17.3 Å². The van der Waals surface area contributed by atoms with Gasteiger partial charge in [-0.1, -0.05) is 34.1 Å². The molecule has 2 heteroatoms. The molecule has 1 heterocycles. The summed E-state index contributed by atoms with van der Waals surface area (Å²) >= 11 is 0. The molecular weight excluding hydrogens is 220 g/mol. The van der Waals surface area contributed by atoms with Crippen molar-refractivity contribution in [3.05, 3.63) is 0 Å². The summed E-state index contributed by atoms with van der Waals surface area (Å²) in [7, 11) is 0. The molecule has 1 aliphatic carbocycles. The van der Waals surface area contributed by atoms with Gasteiger partial charge in [-0.05, 0) is 56.0 Å². The smallest absolute Gasteiger partial charge is 0.0382 e. The van der Waals surface area contributed by atoms with Gasteiger partial charge in [0.15, 0.2) is 0 Å². The van der Waals surface area contributed by atoms with Crippen molar-refractivity contribution < 1.29 is 0 Å². The topological polar surface area (TPSA) is 29.3 Å². The number of piperidine rings is 1. The zero-order valence-electron chi connectivity index (χ0n) is 12.8. The maximum absolute atomic E-state index is 6.23. The Morgan fingerprint density at radius 2 is 1.78 bits per heavy atom. The third kappa shape index (κ3) is 2.22. The lowest BCUT2D eigenvalue weighted by Crippen LogP contribution is -2.61. The number of hydrogen-bond donors (Lipinski definition) is 1. The van der Waals surface area contributed by atoms with Crippen LogP contribution in [0.15, 0.2) is 0 Å². The summed E-state index contributed by atoms with van der Waals surface area (Å²) in [5, 5.41) is 0. The number of nitrogens with two attached hydrogens (primary N) is 1. The van der Waals surface area contributed by atoms with Gasteiger partial charge in [0, 0.05) is 12.1 Å². The molecule has 0 amide bonds. The number of nitrogens with zero attached hydrogens (tertiary/aromatic N) is 1. The van der Waals surface area contributed by atoms with Crippen LogP contribution in [-0.2, 0) is 0 Å². The second kappa shape index (κ2) is 5.13. The van der Waals surface area contributed by atoms with E-state index in [0.717, 1.165) is 18.4 Å². The van der Waals surface area contributed by atoms with Gasteiger partial charge in [-0.25, -0.2) is 0 Å². The van der Waals surface area contributed by atoms with Gasteiger partial charge in [0.05, 0.1) is 0 Å². The molecule has 1 saturated carbocycles. The summed E-state index contributed by atoms with van der Waals surface area (Å²) in [6.45, 7) is 13.0. The highest BCUT2D eigenvalue weighted by Crippen LogP contribution is 2.50. The summed E-state index contributed by atoms with van der Waals surface area (Å²) in [5.74, 6) is 1.78. The predicted molar refractivity (Wildman–Crippen MR) is 78.6 cm³/mol. The van der Waals surface area contributed by atoms with E-state index in [1.54, 1.807) is 0 Å². The fourth-order valence-electron chi connectivity index (χ4n) is 4.48. The first-order chi connectivity index (χ1) is 8.43. The molecule has 18 heavy (non-hydrogen) atoms. The fraction of sp³-hybridized carbons (Fsp3) is 1.00. The highest BCUT2D eigenvalue weighted by molar-refractivity contribution is 5.07. The zero-order chi connectivity index (χ0) is 13.4. The Balaban J connectivity index is 2.07. The van der Waals surface area contributed by atoms with E-state index in [9.17, 15) is 0 Å². The number of hydrogen-bond acceptors (Lipinski definition) is 2. The molecule has 1 atom stereocenters. The van der Waals surface area contributed by atoms with Crippen molar-refractivity contribution in [1.82, 2.24) is 4.90 Å². The van der Waals surface area contributed by atoms with Gasteiger partial charge < -0.3 is 5.73 Å². The van der Waals surface area contributed by atoms with Gasteiger partial charge in [-0.15, -0.1) is 0 Å². The Hall–Kier alpha value is -0.0800. The van der Waals surface area contributed by atoms with E-state index in [1.807, 2.05) is 0 Å². The van der Waals surface area contributed by atoms with E-state index in [4.69, 9.17) is 5.73 Å². The molecule has 1 aliphatic heterocycles. The quantitative estimate of drug-likeness (QED) is 0.835. The van der Waals surface area contributed by atoms with Gasteiger partial charge in [-0.2, -0.15) is 0 Å². The maximum Gasteiger partial charge on any atom is 0.0382 e. The Morgan fingerprint density at radius 1 is 1.17 bits per heavy atom. The largest absolute Gasteiger partial charge is 0.329 e. The molecule has 2 nitrogen and oxygen atoms in total. The Kier molecular flexibility index (Phi) is 4.08. The van der Waals surface area contributed by atoms with Crippen LogP contribution in [0.4, 0.5) is 0 Å². The molecular formula is C16H32N2. The van der Waals surface area contributed by atoms with Crippen molar-refractivity contribution in [1.29, 1.82) is 0 Å². The van der Waals surface area contributed by atoms with Crippen molar-refractivity contribution in [3.8, 4) is 0 Å². The summed E-state index contributed by atoms with van der Waals surface area (Å²) in [6, 6.07) is 0. The summed E-state index contributed by atoms with van der Waals surface area (Å²) in [6.07, 6.45) is 6.75. The molecule has 0 bridgehead atoms. The van der Waals surface area contributed by atoms with E-state index in [-0.39, 0.29) is 5.54 Å². The minimum Gasteiger partial charge on any atom is -0.329 e. The second-order valence-electron chi connectivity index (χ2n) is 7.54. The predicted octanol–water partition coefficient (Wildman–Crippen LogP) is 3.26. The van der Waals surface area contributed by atoms with Crippen LogP contribution < -0.4 is 5.73 Å². The maximum atomic E-state index is 6.23. The van der Waals surface area contributed by atoms with Crippen LogP contribution in [0.2, 0.25) is 0 Å². The Morgan fingerprint density at radius 3 is 2.17 bits per heavy atom. The third-order valence-electron chi connectivity index (χ3n) is 6.08. The van der Waals surface area contributed by atoms with Crippen LogP contribution in [0.1, 0.15) is 59.8 Å². The number of rotatable bonds is 3. The minimum absolute atomic E-state index is 0.287. The lowest BCUT2D eigenvalue weighted by molar-refractivity contribution is -0.0150. The number of likely N-dealkylation sites (tertiary alicyclic amines) is 1. The Labute approximate surface area is 113 Å². The zero-order valence-corrected chi connectivity index (χ0v) is 12.8. The van der Waals surface area contributed by atoms with Gasteiger partial charge in [0.25, 0.3) is 0 Å². The van der Waals surface area contributed by atoms with Crippen molar-refractivity contribution >= 4 is 0 Å². The van der Waals surface area contributed by atoms with Gasteiger partial charge in [0.1, 0.15) is 0 Å². The van der Waals surface area contributed by atoms with Crippen molar-refractivity contribution in [2.45, 2.75) is 65.3 Å². The first-order valence-corrected chi connectivity index (χ1v) is 7.88. The van der Waals surface area contributed by atoms with Gasteiger partial charge in [0.2, 0.25) is 0 Å². The molecule has 0 aromatic rings. The lowest BCUT2D eigenvalue weighted by atomic mass is 9.72. The molecule has 2 fully saturated rings. The van der Waals surface area contributed by atoms with E-state index in [1.165, 1.54) is 45.2 Å². The minimum atomic E-state index is 0.287. The standard InChI is InChI=1S/C16H32N2/c1-13(2)14-6-10-18(11-7-14)16(12-17)9-5-8-15(16,3)4/h13-14H,5-12,17H2,1-4H3. The van der Waals surface area contributed by atoms with Crippen LogP contribution in [0.3, 0.4) is 0 Å². The third-order valence-corrected chi connectivity index (χ3v) is 6.08. The molecule has 0 aromatic heterocycles. The normalized spacial score (nSPS) is 34.3. The van der Waals surface area contributed by atoms with E-state index in [0.29, 0.717) is 5.41 Å². The van der Waals surface area contributed by atoms with Crippen LogP contribution in [0.25, 0.3) is 0 Å². The molecule has 0 aromatic carbocycles. The SMILES string of the molecule is CC(C)C1CCN(C2(CN)CCCC2(C)C)CC1. The summed E-state index contributed by atoms with van der Waals surface area (Å²) < 4.78 is 0. The first-order valence-electron chi connectivity index (χ1n) is 7.88. The first kappa shape index (κ1) is 14.3. The molecule has 0 radical (unpaired) electrons. The molecule has 2 aliphatic rings. The summed E-state index contributed by atoms with van der Waals surface area (Å²) in [5.41, 5.74) is 6.91. The van der Waals surface area contributed by atoms with Crippen molar-refractivity contribution in [2.75, 3.05) is 19.6 Å². The van der Waals surface area contributed by atoms with Crippen LogP contribution >= 0.6 is 0 Å². The van der Waals surface area contributed by atoms with Gasteiger partial charge >= 0.3 is 0 Å². The van der Waals surface area contributed by atoms with Crippen LogP contribution in [-0.4, -0.2) is 30.1 Å². The molecule has 0 spiro atoms. The molecule has 2 N–H and O–H groups in total. The van der Waals surface area contributed by atoms with E-state index in [2.05, 4.69) is 32.6 Å². The second-order valence-corrected chi connectivity index (χ2v) is 7.54. The average Bonchev–Trinajstić information content (AvgIpc) is 2.65. The molecule has 2 rings (SSSR count). The molecule has 106 valence electrons. The monoisotopic (exact) mass is 252 g/mol. The fourth-order valence-corrected chi connectivity index (χ4v) is 4.48. The Bertz CT molecular complexity index is 277. The van der Waals surface area contributed by atoms with Crippen molar-refractivity contribution in [2.24, 2.45) is 23.0 Å².